The van der Waals surface area contributed by atoms with Crippen LogP contribution in [0.25, 0.3) is 0 Å². The molecule has 0 heterocycles. The van der Waals surface area contributed by atoms with Gasteiger partial charge in [0.25, 0.3) is 0 Å². The Hall–Kier alpha value is -0.0400. The van der Waals surface area contributed by atoms with Gasteiger partial charge in [0.2, 0.25) is 0 Å². The van der Waals surface area contributed by atoms with Crippen molar-refractivity contribution in [1.82, 2.24) is 0 Å². The third-order valence-corrected chi connectivity index (χ3v) is 0.730. The summed E-state index contributed by atoms with van der Waals surface area (Å²) in [6.07, 6.45) is 2.09. The van der Waals surface area contributed by atoms with Crippen molar-refractivity contribution < 1.29 is 0 Å². The van der Waals surface area contributed by atoms with Gasteiger partial charge >= 0.3 is 0 Å². The quantitative estimate of drug-likeness (QED) is 0.526. The van der Waals surface area contributed by atoms with E-state index >= 15 is 0 Å². The molecular weight excluding hydrogens is 86.1 g/mol. The zero-order valence-electron chi connectivity index (χ0n) is 5.36. The average molecular weight is 100 g/mol. The van der Waals surface area contributed by atoms with Crippen molar-refractivity contribution in [1.29, 1.82) is 0 Å². The molecule has 2 N–H and O–H groups in total. The summed E-state index contributed by atoms with van der Waals surface area (Å²) in [5.41, 5.74) is 5.56. The first-order chi connectivity index (χ1) is 3.06. The first-order valence-electron chi connectivity index (χ1n) is 2.61. The Morgan fingerprint density at radius 3 is 1.86 bits per heavy atom. The number of hydrogen-bond donors (Lipinski definition) is 1. The van der Waals surface area contributed by atoms with E-state index in [9.17, 15) is 0 Å². The molecule has 43 valence electrons. The van der Waals surface area contributed by atoms with Crippen LogP contribution < -0.4 is 5.73 Å². The fourth-order valence-corrected chi connectivity index (χ4v) is 0.354. The van der Waals surface area contributed by atoms with Gasteiger partial charge in [0.05, 0.1) is 0 Å². The van der Waals surface area contributed by atoms with Crippen LogP contribution in [0.15, 0.2) is 0 Å². The first kappa shape index (κ1) is 6.96. The fourth-order valence-electron chi connectivity index (χ4n) is 0.354. The number of rotatable bonds is 1. The monoisotopic (exact) mass is 100 g/mol. The van der Waals surface area contributed by atoms with Crippen molar-refractivity contribution in [3.8, 4) is 0 Å². The lowest BCUT2D eigenvalue weighted by atomic mass is 9.93. The van der Waals surface area contributed by atoms with Crippen LogP contribution in [-0.4, -0.2) is 6.54 Å². The third-order valence-electron chi connectivity index (χ3n) is 0.730. The van der Waals surface area contributed by atoms with Crippen molar-refractivity contribution in [3.63, 3.8) is 0 Å². The molecule has 0 aliphatic heterocycles. The molecule has 1 radical (unpaired) electrons. The largest absolute Gasteiger partial charge is 0.330 e. The second-order valence-electron chi connectivity index (χ2n) is 2.81. The maximum absolute atomic E-state index is 5.26. The highest BCUT2D eigenvalue weighted by Crippen LogP contribution is 2.14. The van der Waals surface area contributed by atoms with Crippen LogP contribution in [0.2, 0.25) is 0 Å². The summed E-state index contributed by atoms with van der Waals surface area (Å²) in [4.78, 5) is 0. The Labute approximate surface area is 45.9 Å². The lowest BCUT2D eigenvalue weighted by Crippen LogP contribution is -2.13. The average Bonchev–Trinajstić information content (AvgIpc) is 1.30. The Morgan fingerprint density at radius 1 is 1.43 bits per heavy atom. The summed E-state index contributed by atoms with van der Waals surface area (Å²) in [6, 6.07) is 0. The van der Waals surface area contributed by atoms with Gasteiger partial charge < -0.3 is 5.73 Å². The van der Waals surface area contributed by atoms with E-state index in [4.69, 9.17) is 5.73 Å². The van der Waals surface area contributed by atoms with Gasteiger partial charge in [-0.1, -0.05) is 20.8 Å². The summed E-state index contributed by atoms with van der Waals surface area (Å²) >= 11 is 0. The van der Waals surface area contributed by atoms with Crippen molar-refractivity contribution in [2.45, 2.75) is 20.8 Å². The van der Waals surface area contributed by atoms with Crippen LogP contribution in [-0.2, 0) is 0 Å². The SMILES string of the molecule is CC(C)(C)[CH]CN. The van der Waals surface area contributed by atoms with E-state index in [-0.39, 0.29) is 0 Å². The lowest BCUT2D eigenvalue weighted by molar-refractivity contribution is 0.487. The molecule has 0 aromatic heterocycles. The third kappa shape index (κ3) is 5.96. The molecule has 0 saturated carbocycles. The lowest BCUT2D eigenvalue weighted by Gasteiger charge is -2.14. The predicted octanol–water partition coefficient (Wildman–Crippen LogP) is 1.20. The van der Waals surface area contributed by atoms with Crippen LogP contribution in [0.5, 0.6) is 0 Å². The highest BCUT2D eigenvalue weighted by atomic mass is 14.5. The fraction of sp³-hybridized carbons (Fsp3) is 0.833. The summed E-state index contributed by atoms with van der Waals surface area (Å²) in [5.74, 6) is 0. The maximum Gasteiger partial charge on any atom is -0.00405 e. The smallest absolute Gasteiger partial charge is 0.00405 e. The minimum Gasteiger partial charge on any atom is -0.330 e. The molecular formula is C6H14N. The van der Waals surface area contributed by atoms with Crippen molar-refractivity contribution in [2.24, 2.45) is 11.1 Å². The van der Waals surface area contributed by atoms with E-state index in [0.29, 0.717) is 12.0 Å². The van der Waals surface area contributed by atoms with Crippen molar-refractivity contribution in [3.05, 3.63) is 6.42 Å². The van der Waals surface area contributed by atoms with Crippen molar-refractivity contribution in [2.75, 3.05) is 6.54 Å². The molecule has 7 heavy (non-hydrogen) atoms. The predicted molar refractivity (Wildman–Crippen MR) is 32.8 cm³/mol. The molecule has 0 aromatic carbocycles. The number of hydrogen-bond acceptors (Lipinski definition) is 1. The Morgan fingerprint density at radius 2 is 1.86 bits per heavy atom. The highest BCUT2D eigenvalue weighted by Gasteiger charge is 2.06. The standard InChI is InChI=1S/C6H14N/c1-6(2,3)4-5-7/h4H,5,7H2,1-3H3. The van der Waals surface area contributed by atoms with E-state index < -0.39 is 0 Å². The molecule has 1 nitrogen and oxygen atoms in total. The Balaban J connectivity index is 3.15. The molecule has 0 amide bonds. The summed E-state index contributed by atoms with van der Waals surface area (Å²) in [6.45, 7) is 7.10. The molecule has 0 atom stereocenters. The topological polar surface area (TPSA) is 26.0 Å². The van der Waals surface area contributed by atoms with E-state index in [1.807, 2.05) is 0 Å². The maximum atomic E-state index is 5.26. The molecule has 0 unspecified atom stereocenters. The van der Waals surface area contributed by atoms with Crippen LogP contribution in [0, 0.1) is 11.8 Å². The molecule has 0 rings (SSSR count). The molecule has 0 aromatic rings. The number of nitrogens with two attached hydrogens (primary N) is 1. The van der Waals surface area contributed by atoms with Crippen molar-refractivity contribution >= 4 is 0 Å². The molecule has 0 bridgehead atoms. The zero-order valence-corrected chi connectivity index (χ0v) is 5.36. The van der Waals surface area contributed by atoms with Crippen LogP contribution in [0.4, 0.5) is 0 Å². The van der Waals surface area contributed by atoms with Gasteiger partial charge in [-0.2, -0.15) is 0 Å². The van der Waals surface area contributed by atoms with Gasteiger partial charge in [0.1, 0.15) is 0 Å². The van der Waals surface area contributed by atoms with E-state index in [2.05, 4.69) is 27.2 Å². The molecule has 0 spiro atoms. The van der Waals surface area contributed by atoms with E-state index in [1.165, 1.54) is 0 Å². The summed E-state index contributed by atoms with van der Waals surface area (Å²) in [7, 11) is 0. The van der Waals surface area contributed by atoms with Gasteiger partial charge in [-0.05, 0) is 18.4 Å². The molecule has 0 aliphatic carbocycles. The van der Waals surface area contributed by atoms with Gasteiger partial charge in [-0.15, -0.1) is 0 Å². The normalized spacial score (nSPS) is 12.0. The molecule has 0 fully saturated rings. The Kier molecular flexibility index (Phi) is 2.30. The van der Waals surface area contributed by atoms with Crippen LogP contribution in [0.3, 0.4) is 0 Å². The van der Waals surface area contributed by atoms with E-state index in [0.717, 1.165) is 0 Å². The van der Waals surface area contributed by atoms with Gasteiger partial charge in [-0.25, -0.2) is 0 Å². The molecule has 1 heteroatoms. The first-order valence-corrected chi connectivity index (χ1v) is 2.61. The van der Waals surface area contributed by atoms with Gasteiger partial charge in [0.15, 0.2) is 0 Å². The second-order valence-corrected chi connectivity index (χ2v) is 2.81. The summed E-state index contributed by atoms with van der Waals surface area (Å²) in [5, 5.41) is 0. The highest BCUT2D eigenvalue weighted by molar-refractivity contribution is 4.80. The second kappa shape index (κ2) is 2.31. The summed E-state index contributed by atoms with van der Waals surface area (Å²) < 4.78 is 0. The van der Waals surface area contributed by atoms with E-state index in [1.54, 1.807) is 0 Å². The molecule has 0 saturated heterocycles. The van der Waals surface area contributed by atoms with Gasteiger partial charge in [0, 0.05) is 0 Å². The van der Waals surface area contributed by atoms with Crippen LogP contribution >= 0.6 is 0 Å². The minimum absolute atomic E-state index is 0.300. The molecule has 0 aliphatic rings. The minimum atomic E-state index is 0.300. The zero-order chi connectivity index (χ0) is 5.91. The Bertz CT molecular complexity index is 42.6. The van der Waals surface area contributed by atoms with Crippen LogP contribution in [0.1, 0.15) is 20.8 Å². The van der Waals surface area contributed by atoms with Gasteiger partial charge in [-0.3, -0.25) is 0 Å².